The Hall–Kier alpha value is -1.30. The summed E-state index contributed by atoms with van der Waals surface area (Å²) in [6, 6.07) is 10.4. The highest BCUT2D eigenvalue weighted by Crippen LogP contribution is 2.15. The molecule has 0 spiro atoms. The Morgan fingerprint density at radius 2 is 1.94 bits per heavy atom. The zero-order valence-electron chi connectivity index (χ0n) is 10.9. The summed E-state index contributed by atoms with van der Waals surface area (Å²) < 4.78 is 0. The van der Waals surface area contributed by atoms with E-state index in [4.69, 9.17) is 0 Å². The third-order valence-electron chi connectivity index (χ3n) is 2.82. The van der Waals surface area contributed by atoms with Gasteiger partial charge >= 0.3 is 0 Å². The minimum Gasteiger partial charge on any atom is -0.103 e. The first-order chi connectivity index (χ1) is 8.36. The van der Waals surface area contributed by atoms with Crippen molar-refractivity contribution >= 4 is 0 Å². The fourth-order valence-corrected chi connectivity index (χ4v) is 1.88. The van der Waals surface area contributed by atoms with E-state index in [-0.39, 0.29) is 0 Å². The third-order valence-corrected chi connectivity index (χ3v) is 2.82. The number of unbranched alkanes of at least 4 members (excludes halogenated alkanes) is 3. The minimum absolute atomic E-state index is 0.959. The Balaban J connectivity index is 2.52. The average Bonchev–Trinajstić information content (AvgIpc) is 2.36. The predicted octanol–water partition coefficient (Wildman–Crippen LogP) is 5.31. The van der Waals surface area contributed by atoms with Crippen LogP contribution in [-0.2, 0) is 0 Å². The number of hydrogen-bond acceptors (Lipinski definition) is 0. The molecule has 0 unspecified atom stereocenters. The van der Waals surface area contributed by atoms with Gasteiger partial charge in [-0.25, -0.2) is 0 Å². The molecule has 0 saturated carbocycles. The second kappa shape index (κ2) is 8.81. The average molecular weight is 227 g/mol. The maximum atomic E-state index is 3.83. The van der Waals surface area contributed by atoms with Crippen LogP contribution in [0.2, 0.25) is 0 Å². The van der Waals surface area contributed by atoms with Gasteiger partial charge < -0.3 is 0 Å². The molecule has 0 saturated heterocycles. The Bertz CT molecular complexity index is 332. The molecule has 0 N–H and O–H groups in total. The SMILES string of the molecule is C=CCC(=[C]c1ccccc1)CCCCCC. The van der Waals surface area contributed by atoms with Crippen LogP contribution in [0.15, 0.2) is 48.6 Å². The summed E-state index contributed by atoms with van der Waals surface area (Å²) in [6.45, 7) is 6.07. The topological polar surface area (TPSA) is 0 Å². The first-order valence-electron chi connectivity index (χ1n) is 6.64. The summed E-state index contributed by atoms with van der Waals surface area (Å²) in [7, 11) is 0. The maximum absolute atomic E-state index is 3.83. The first-order valence-corrected chi connectivity index (χ1v) is 6.64. The van der Waals surface area contributed by atoms with E-state index >= 15 is 0 Å². The summed E-state index contributed by atoms with van der Waals surface area (Å²) in [5, 5.41) is 0. The third kappa shape index (κ3) is 6.11. The van der Waals surface area contributed by atoms with Crippen LogP contribution in [0.1, 0.15) is 51.0 Å². The first kappa shape index (κ1) is 13.8. The van der Waals surface area contributed by atoms with Crippen LogP contribution in [-0.4, -0.2) is 0 Å². The van der Waals surface area contributed by atoms with Gasteiger partial charge in [0, 0.05) is 0 Å². The molecule has 1 aromatic rings. The van der Waals surface area contributed by atoms with Gasteiger partial charge in [-0.3, -0.25) is 0 Å². The fraction of sp³-hybridized carbons (Fsp3) is 0.412. The summed E-state index contributed by atoms with van der Waals surface area (Å²) in [4.78, 5) is 0. The maximum Gasteiger partial charge on any atom is -0.0111 e. The highest BCUT2D eigenvalue weighted by Gasteiger charge is 1.97. The number of benzene rings is 1. The molecule has 0 bridgehead atoms. The van der Waals surface area contributed by atoms with E-state index in [2.05, 4.69) is 43.8 Å². The Morgan fingerprint density at radius 1 is 1.18 bits per heavy atom. The van der Waals surface area contributed by atoms with Crippen molar-refractivity contribution in [2.75, 3.05) is 0 Å². The van der Waals surface area contributed by atoms with Crippen LogP contribution >= 0.6 is 0 Å². The Morgan fingerprint density at radius 3 is 2.59 bits per heavy atom. The summed E-state index contributed by atoms with van der Waals surface area (Å²) in [6.07, 6.45) is 12.8. The molecule has 1 rings (SSSR count). The molecule has 0 atom stereocenters. The molecular formula is C17H23. The van der Waals surface area contributed by atoms with Gasteiger partial charge in [0.25, 0.3) is 0 Å². The van der Waals surface area contributed by atoms with Crippen molar-refractivity contribution in [1.82, 2.24) is 0 Å². The largest absolute Gasteiger partial charge is 0.103 e. The predicted molar refractivity (Wildman–Crippen MR) is 75.9 cm³/mol. The van der Waals surface area contributed by atoms with Crippen LogP contribution in [0.25, 0.3) is 0 Å². The van der Waals surface area contributed by atoms with Crippen LogP contribution in [0.4, 0.5) is 0 Å². The van der Waals surface area contributed by atoms with Gasteiger partial charge in [-0.15, -0.1) is 6.58 Å². The molecule has 0 aliphatic carbocycles. The molecule has 0 aliphatic rings. The van der Waals surface area contributed by atoms with E-state index in [1.807, 2.05) is 12.1 Å². The van der Waals surface area contributed by atoms with Gasteiger partial charge in [0.05, 0.1) is 0 Å². The molecular weight excluding hydrogens is 204 g/mol. The van der Waals surface area contributed by atoms with E-state index in [1.54, 1.807) is 0 Å². The van der Waals surface area contributed by atoms with Gasteiger partial charge in [-0.05, 0) is 30.9 Å². The summed E-state index contributed by atoms with van der Waals surface area (Å²) >= 11 is 0. The van der Waals surface area contributed by atoms with Gasteiger partial charge in [-0.2, -0.15) is 0 Å². The summed E-state index contributed by atoms with van der Waals surface area (Å²) in [5.74, 6) is 0. The number of hydrogen-bond donors (Lipinski definition) is 0. The molecule has 0 heteroatoms. The van der Waals surface area contributed by atoms with Gasteiger partial charge in [0.1, 0.15) is 0 Å². The quantitative estimate of drug-likeness (QED) is 0.417. The van der Waals surface area contributed by atoms with Crippen molar-refractivity contribution in [3.8, 4) is 0 Å². The van der Waals surface area contributed by atoms with Crippen LogP contribution in [0, 0.1) is 6.08 Å². The number of allylic oxidation sites excluding steroid dienone is 2. The molecule has 0 aliphatic heterocycles. The lowest BCUT2D eigenvalue weighted by molar-refractivity contribution is 0.659. The van der Waals surface area contributed by atoms with Crippen LogP contribution in [0.5, 0.6) is 0 Å². The Kier molecular flexibility index (Phi) is 7.13. The summed E-state index contributed by atoms with van der Waals surface area (Å²) in [5.41, 5.74) is 2.56. The monoisotopic (exact) mass is 227 g/mol. The zero-order valence-corrected chi connectivity index (χ0v) is 10.9. The molecule has 1 aromatic carbocycles. The lowest BCUT2D eigenvalue weighted by atomic mass is 10.0. The molecule has 0 nitrogen and oxygen atoms in total. The molecule has 91 valence electrons. The highest BCUT2D eigenvalue weighted by molar-refractivity contribution is 5.25. The number of rotatable bonds is 8. The minimum atomic E-state index is 0.959. The molecule has 1 radical (unpaired) electrons. The van der Waals surface area contributed by atoms with Crippen LogP contribution < -0.4 is 0 Å². The zero-order chi connectivity index (χ0) is 12.3. The molecule has 0 amide bonds. The van der Waals surface area contributed by atoms with Crippen LogP contribution in [0.3, 0.4) is 0 Å². The van der Waals surface area contributed by atoms with Crippen molar-refractivity contribution in [2.24, 2.45) is 0 Å². The molecule has 0 aromatic heterocycles. The van der Waals surface area contributed by atoms with E-state index in [0.717, 1.165) is 12.8 Å². The molecule has 0 heterocycles. The van der Waals surface area contributed by atoms with Crippen molar-refractivity contribution in [3.63, 3.8) is 0 Å². The van der Waals surface area contributed by atoms with Gasteiger partial charge in [-0.1, -0.05) is 68.2 Å². The van der Waals surface area contributed by atoms with Crippen molar-refractivity contribution in [1.29, 1.82) is 0 Å². The fourth-order valence-electron chi connectivity index (χ4n) is 1.88. The van der Waals surface area contributed by atoms with Crippen molar-refractivity contribution in [2.45, 2.75) is 45.4 Å². The second-order valence-corrected chi connectivity index (χ2v) is 4.40. The van der Waals surface area contributed by atoms with Crippen molar-refractivity contribution < 1.29 is 0 Å². The standard InChI is InChI=1S/C17H23/c1-3-5-6-8-12-16(11-4-2)15-17-13-9-7-10-14-17/h4,7,9-10,13-14H,2-3,5-6,8,11-12H2,1H3. The molecule has 0 fully saturated rings. The van der Waals surface area contributed by atoms with Gasteiger partial charge in [0.15, 0.2) is 0 Å². The Labute approximate surface area is 106 Å². The highest BCUT2D eigenvalue weighted by atomic mass is 14.0. The van der Waals surface area contributed by atoms with Crippen molar-refractivity contribution in [3.05, 3.63) is 60.2 Å². The molecule has 17 heavy (non-hydrogen) atoms. The smallest absolute Gasteiger partial charge is 0.0111 e. The lowest BCUT2D eigenvalue weighted by Crippen LogP contribution is -1.86. The van der Waals surface area contributed by atoms with E-state index in [0.29, 0.717) is 0 Å². The van der Waals surface area contributed by atoms with E-state index in [9.17, 15) is 0 Å². The normalized spacial score (nSPS) is 11.5. The van der Waals surface area contributed by atoms with E-state index < -0.39 is 0 Å². The van der Waals surface area contributed by atoms with E-state index in [1.165, 1.54) is 36.8 Å². The van der Waals surface area contributed by atoms with Gasteiger partial charge in [0.2, 0.25) is 0 Å². The lowest BCUT2D eigenvalue weighted by Gasteiger charge is -2.04. The second-order valence-electron chi connectivity index (χ2n) is 4.40.